The maximum atomic E-state index is 12.6. The van der Waals surface area contributed by atoms with E-state index in [1.54, 1.807) is 37.1 Å². The number of hydrogen-bond acceptors (Lipinski definition) is 4. The second-order valence-electron chi connectivity index (χ2n) is 5.93. The van der Waals surface area contributed by atoms with Gasteiger partial charge in [0.1, 0.15) is 5.69 Å². The van der Waals surface area contributed by atoms with E-state index in [9.17, 15) is 4.79 Å². The van der Waals surface area contributed by atoms with Crippen LogP contribution < -0.4 is 0 Å². The van der Waals surface area contributed by atoms with Crippen LogP contribution in [0, 0.1) is 6.57 Å². The number of aromatic nitrogens is 3. The monoisotopic (exact) mass is 360 g/mol. The largest absolute Gasteiger partial charge is 0.461 e. The molecular formula is C21H20N4O2. The van der Waals surface area contributed by atoms with Gasteiger partial charge in [-0.05, 0) is 18.9 Å². The van der Waals surface area contributed by atoms with E-state index in [0.29, 0.717) is 23.4 Å². The van der Waals surface area contributed by atoms with E-state index in [1.807, 2.05) is 31.2 Å². The number of carbonyl (C=O) groups is 1. The van der Waals surface area contributed by atoms with Crippen LogP contribution in [-0.4, -0.2) is 27.1 Å². The molecule has 6 heteroatoms. The maximum absolute atomic E-state index is 12.6. The summed E-state index contributed by atoms with van der Waals surface area (Å²) < 4.78 is 7.02. The zero-order valence-corrected chi connectivity index (χ0v) is 15.6. The second kappa shape index (κ2) is 7.83. The summed E-state index contributed by atoms with van der Waals surface area (Å²) >= 11 is 0. The molecule has 136 valence electrons. The Morgan fingerprint density at radius 2 is 1.89 bits per heavy atom. The lowest BCUT2D eigenvalue weighted by Crippen LogP contribution is -2.12. The Labute approximate surface area is 158 Å². The SMILES string of the molecule is [C-]#[N+]c1c(-c2ccc(-c3cnccn3)cc2)c(C(=O)OCC)n(C)c1CC. The van der Waals surface area contributed by atoms with Gasteiger partial charge in [0.05, 0.1) is 25.1 Å². The van der Waals surface area contributed by atoms with Crippen LogP contribution in [0.5, 0.6) is 0 Å². The Hall–Kier alpha value is -3.46. The first-order valence-corrected chi connectivity index (χ1v) is 8.75. The highest BCUT2D eigenvalue weighted by atomic mass is 16.5. The highest BCUT2D eigenvalue weighted by molar-refractivity contribution is 6.01. The molecule has 0 aliphatic rings. The third-order valence-electron chi connectivity index (χ3n) is 4.44. The zero-order chi connectivity index (χ0) is 19.4. The zero-order valence-electron chi connectivity index (χ0n) is 15.6. The summed E-state index contributed by atoms with van der Waals surface area (Å²) in [7, 11) is 1.80. The predicted molar refractivity (Wildman–Crippen MR) is 103 cm³/mol. The molecule has 0 unspecified atom stereocenters. The van der Waals surface area contributed by atoms with E-state index in [1.165, 1.54) is 0 Å². The molecule has 0 N–H and O–H groups in total. The molecule has 0 amide bonds. The molecule has 2 aromatic heterocycles. The van der Waals surface area contributed by atoms with Gasteiger partial charge in [-0.3, -0.25) is 9.97 Å². The number of carbonyl (C=O) groups excluding carboxylic acids is 1. The van der Waals surface area contributed by atoms with Crippen molar-refractivity contribution in [1.82, 2.24) is 14.5 Å². The quantitative estimate of drug-likeness (QED) is 0.498. The summed E-state index contributed by atoms with van der Waals surface area (Å²) in [6, 6.07) is 7.63. The van der Waals surface area contributed by atoms with Crippen LogP contribution in [0.3, 0.4) is 0 Å². The number of esters is 1. The van der Waals surface area contributed by atoms with Crippen LogP contribution in [0.4, 0.5) is 5.69 Å². The molecule has 2 heterocycles. The number of ether oxygens (including phenoxy) is 1. The summed E-state index contributed by atoms with van der Waals surface area (Å²) in [5.41, 5.74) is 4.83. The summed E-state index contributed by atoms with van der Waals surface area (Å²) in [6.45, 7) is 11.7. The van der Waals surface area contributed by atoms with E-state index in [2.05, 4.69) is 14.8 Å². The topological polar surface area (TPSA) is 61.4 Å². The van der Waals surface area contributed by atoms with Crippen molar-refractivity contribution in [3.8, 4) is 22.4 Å². The van der Waals surface area contributed by atoms with Crippen LogP contribution in [-0.2, 0) is 18.2 Å². The molecule has 0 aliphatic heterocycles. The van der Waals surface area contributed by atoms with Crippen molar-refractivity contribution >= 4 is 11.7 Å². The van der Waals surface area contributed by atoms with Gasteiger partial charge in [-0.25, -0.2) is 9.64 Å². The lowest BCUT2D eigenvalue weighted by molar-refractivity contribution is 0.0516. The van der Waals surface area contributed by atoms with Gasteiger partial charge in [0.25, 0.3) is 0 Å². The Morgan fingerprint density at radius 3 is 2.44 bits per heavy atom. The first-order valence-electron chi connectivity index (χ1n) is 8.75. The first kappa shape index (κ1) is 18.3. The Balaban J connectivity index is 2.15. The molecule has 3 aromatic rings. The maximum Gasteiger partial charge on any atom is 0.354 e. The van der Waals surface area contributed by atoms with Crippen molar-refractivity contribution in [1.29, 1.82) is 0 Å². The van der Waals surface area contributed by atoms with Gasteiger partial charge in [-0.1, -0.05) is 31.2 Å². The van der Waals surface area contributed by atoms with E-state index in [0.717, 1.165) is 22.5 Å². The molecule has 0 bridgehead atoms. The molecule has 0 radical (unpaired) electrons. The molecule has 6 nitrogen and oxygen atoms in total. The summed E-state index contributed by atoms with van der Waals surface area (Å²) in [5.74, 6) is -0.419. The fourth-order valence-electron chi connectivity index (χ4n) is 3.21. The fourth-order valence-corrected chi connectivity index (χ4v) is 3.21. The van der Waals surface area contributed by atoms with Crippen LogP contribution in [0.25, 0.3) is 27.2 Å². The number of benzene rings is 1. The van der Waals surface area contributed by atoms with E-state index in [4.69, 9.17) is 11.3 Å². The van der Waals surface area contributed by atoms with Crippen LogP contribution >= 0.6 is 0 Å². The predicted octanol–water partition coefficient (Wildman–Crippen LogP) is 4.44. The highest BCUT2D eigenvalue weighted by Crippen LogP contribution is 2.40. The molecule has 1 aromatic carbocycles. The Morgan fingerprint density at radius 1 is 1.19 bits per heavy atom. The highest BCUT2D eigenvalue weighted by Gasteiger charge is 2.26. The summed E-state index contributed by atoms with van der Waals surface area (Å²) in [4.78, 5) is 24.7. The third-order valence-corrected chi connectivity index (χ3v) is 4.44. The molecule has 0 aliphatic carbocycles. The molecule has 0 saturated carbocycles. The van der Waals surface area contributed by atoms with Gasteiger partial charge in [0.2, 0.25) is 5.69 Å². The van der Waals surface area contributed by atoms with Crippen LogP contribution in [0.15, 0.2) is 42.9 Å². The van der Waals surface area contributed by atoms with Gasteiger partial charge in [0.15, 0.2) is 0 Å². The fraction of sp³-hybridized carbons (Fsp3) is 0.238. The van der Waals surface area contributed by atoms with Gasteiger partial charge in [-0.2, -0.15) is 0 Å². The molecule has 0 spiro atoms. The lowest BCUT2D eigenvalue weighted by atomic mass is 10.0. The smallest absolute Gasteiger partial charge is 0.354 e. The Bertz CT molecular complexity index is 999. The van der Waals surface area contributed by atoms with Crippen molar-refractivity contribution in [3.63, 3.8) is 0 Å². The second-order valence-corrected chi connectivity index (χ2v) is 5.93. The van der Waals surface area contributed by atoms with Gasteiger partial charge < -0.3 is 9.30 Å². The van der Waals surface area contributed by atoms with E-state index >= 15 is 0 Å². The lowest BCUT2D eigenvalue weighted by Gasteiger charge is -2.09. The third kappa shape index (κ3) is 3.32. The van der Waals surface area contributed by atoms with E-state index in [-0.39, 0.29) is 6.61 Å². The normalized spacial score (nSPS) is 10.4. The first-order chi connectivity index (χ1) is 13.1. The van der Waals surface area contributed by atoms with E-state index < -0.39 is 5.97 Å². The van der Waals surface area contributed by atoms with Crippen molar-refractivity contribution in [3.05, 3.63) is 65.7 Å². The van der Waals surface area contributed by atoms with Crippen LogP contribution in [0.1, 0.15) is 30.0 Å². The average molecular weight is 360 g/mol. The van der Waals surface area contributed by atoms with Crippen molar-refractivity contribution < 1.29 is 9.53 Å². The molecule has 0 fully saturated rings. The number of hydrogen-bond donors (Lipinski definition) is 0. The van der Waals surface area contributed by atoms with Gasteiger partial charge >= 0.3 is 5.97 Å². The molecule has 0 saturated heterocycles. The minimum Gasteiger partial charge on any atom is -0.461 e. The molecular weight excluding hydrogens is 340 g/mol. The number of rotatable bonds is 5. The number of nitrogens with zero attached hydrogens (tertiary/aromatic N) is 4. The van der Waals surface area contributed by atoms with Gasteiger partial charge in [-0.15, -0.1) is 0 Å². The van der Waals surface area contributed by atoms with Crippen molar-refractivity contribution in [2.75, 3.05) is 6.61 Å². The van der Waals surface area contributed by atoms with Gasteiger partial charge in [0, 0.05) is 36.3 Å². The standard InChI is InChI=1S/C21H20N4O2/c1-5-17-19(22-3)18(20(25(17)4)21(26)27-6-2)15-9-7-14(8-10-15)16-13-23-11-12-24-16/h7-13H,5-6H2,1-2,4H3. The van der Waals surface area contributed by atoms with Crippen molar-refractivity contribution in [2.45, 2.75) is 20.3 Å². The Kier molecular flexibility index (Phi) is 5.32. The molecule has 27 heavy (non-hydrogen) atoms. The summed E-state index contributed by atoms with van der Waals surface area (Å²) in [6.07, 6.45) is 5.62. The molecule has 0 atom stereocenters. The van der Waals surface area contributed by atoms with Crippen molar-refractivity contribution in [2.24, 2.45) is 7.05 Å². The summed E-state index contributed by atoms with van der Waals surface area (Å²) in [5, 5.41) is 0. The minimum absolute atomic E-state index is 0.282. The average Bonchev–Trinajstić information content (AvgIpc) is 3.00. The van der Waals surface area contributed by atoms with Crippen LogP contribution in [0.2, 0.25) is 0 Å². The molecule has 3 rings (SSSR count). The minimum atomic E-state index is -0.419.